The van der Waals surface area contributed by atoms with Gasteiger partial charge in [-0.05, 0) is 24.6 Å². The minimum Gasteiger partial charge on any atom is -0.447 e. The summed E-state index contributed by atoms with van der Waals surface area (Å²) in [6.45, 7) is 4.43. The van der Waals surface area contributed by atoms with Gasteiger partial charge in [0, 0.05) is 6.54 Å². The summed E-state index contributed by atoms with van der Waals surface area (Å²) >= 11 is 0. The lowest BCUT2D eigenvalue weighted by Crippen LogP contribution is -2.27. The zero-order valence-corrected chi connectivity index (χ0v) is 12.6. The first-order chi connectivity index (χ1) is 9.60. The average molecular weight is 328 g/mol. The highest BCUT2D eigenvalue weighted by atomic mass is 32.2. The van der Waals surface area contributed by atoms with E-state index in [1.807, 2.05) is 18.6 Å². The second-order valence-corrected chi connectivity index (χ2v) is 6.71. The van der Waals surface area contributed by atoms with Crippen molar-refractivity contribution in [3.63, 3.8) is 0 Å². The molecule has 21 heavy (non-hydrogen) atoms. The van der Waals surface area contributed by atoms with E-state index in [1.54, 1.807) is 0 Å². The predicted molar refractivity (Wildman–Crippen MR) is 71.1 cm³/mol. The molecule has 0 atom stereocenters. The van der Waals surface area contributed by atoms with Gasteiger partial charge in [-0.2, -0.15) is 13.2 Å². The van der Waals surface area contributed by atoms with Gasteiger partial charge in [-0.25, -0.2) is 13.1 Å². The van der Waals surface area contributed by atoms with Gasteiger partial charge >= 0.3 is 6.18 Å². The van der Waals surface area contributed by atoms with Gasteiger partial charge in [-0.1, -0.05) is 13.8 Å². The van der Waals surface area contributed by atoms with E-state index in [1.165, 1.54) is 12.1 Å². The van der Waals surface area contributed by atoms with E-state index in [-0.39, 0.29) is 5.09 Å². The van der Waals surface area contributed by atoms with E-state index in [9.17, 15) is 21.6 Å². The van der Waals surface area contributed by atoms with Crippen LogP contribution in [0.3, 0.4) is 0 Å². The first-order valence-corrected chi connectivity index (χ1v) is 7.94. The van der Waals surface area contributed by atoms with Crippen LogP contribution in [0.5, 0.6) is 0 Å². The molecule has 9 heteroatoms. The van der Waals surface area contributed by atoms with E-state index in [4.69, 9.17) is 4.42 Å². The fraction of sp³-hybridized carbons (Fsp3) is 0.667. The van der Waals surface area contributed by atoms with Crippen LogP contribution in [-0.2, 0) is 16.6 Å². The van der Waals surface area contributed by atoms with Crippen molar-refractivity contribution in [1.82, 2.24) is 10.0 Å². The highest BCUT2D eigenvalue weighted by Gasteiger charge is 2.28. The fourth-order valence-corrected chi connectivity index (χ4v) is 2.46. The summed E-state index contributed by atoms with van der Waals surface area (Å²) in [5, 5.41) is 2.69. The lowest BCUT2D eigenvalue weighted by atomic mass is 10.2. The highest BCUT2D eigenvalue weighted by Crippen LogP contribution is 2.19. The molecule has 0 radical (unpaired) electrons. The van der Waals surface area contributed by atoms with Crippen molar-refractivity contribution < 1.29 is 26.0 Å². The molecule has 0 aliphatic heterocycles. The normalized spacial score (nSPS) is 13.0. The largest absolute Gasteiger partial charge is 0.447 e. The van der Waals surface area contributed by atoms with Gasteiger partial charge in [0.1, 0.15) is 5.76 Å². The maximum Gasteiger partial charge on any atom is 0.390 e. The second-order valence-electron chi connectivity index (χ2n) is 5.01. The van der Waals surface area contributed by atoms with Crippen LogP contribution < -0.4 is 10.0 Å². The molecule has 0 bridgehead atoms. The van der Waals surface area contributed by atoms with E-state index in [2.05, 4.69) is 5.32 Å². The molecule has 1 heterocycles. The number of hydrogen-bond donors (Lipinski definition) is 2. The van der Waals surface area contributed by atoms with Crippen molar-refractivity contribution in [3.05, 3.63) is 17.9 Å². The van der Waals surface area contributed by atoms with Gasteiger partial charge in [-0.15, -0.1) is 0 Å². The molecule has 0 saturated carbocycles. The quantitative estimate of drug-likeness (QED) is 0.768. The van der Waals surface area contributed by atoms with Gasteiger partial charge in [0.15, 0.2) is 0 Å². The Morgan fingerprint density at radius 1 is 1.29 bits per heavy atom. The number of furan rings is 1. The Bertz CT molecular complexity index is 538. The first kappa shape index (κ1) is 18.0. The third-order valence-electron chi connectivity index (χ3n) is 2.45. The van der Waals surface area contributed by atoms with E-state index >= 15 is 0 Å². The standard InChI is InChI=1S/C12H19F3N2O3S/c1-9(2)7-16-8-10-3-4-11(20-10)21(18,19)17-6-5-12(13,14)15/h3-4,9,16-17H,5-8H2,1-2H3. The van der Waals surface area contributed by atoms with Crippen LogP contribution in [0.2, 0.25) is 0 Å². The molecular formula is C12H19F3N2O3S. The molecular weight excluding hydrogens is 309 g/mol. The van der Waals surface area contributed by atoms with Gasteiger partial charge < -0.3 is 9.73 Å². The Morgan fingerprint density at radius 2 is 1.95 bits per heavy atom. The van der Waals surface area contributed by atoms with Crippen LogP contribution in [0.1, 0.15) is 26.0 Å². The van der Waals surface area contributed by atoms with Crippen molar-refractivity contribution in [2.75, 3.05) is 13.1 Å². The minimum atomic E-state index is -4.41. The van der Waals surface area contributed by atoms with Crippen molar-refractivity contribution in [2.45, 2.75) is 38.1 Å². The van der Waals surface area contributed by atoms with Gasteiger partial charge in [0.2, 0.25) is 5.09 Å². The summed E-state index contributed by atoms with van der Waals surface area (Å²) in [6.07, 6.45) is -5.63. The van der Waals surface area contributed by atoms with Crippen LogP contribution in [0.25, 0.3) is 0 Å². The van der Waals surface area contributed by atoms with E-state index in [0.29, 0.717) is 18.2 Å². The predicted octanol–water partition coefficient (Wildman–Crippen LogP) is 2.26. The number of halogens is 3. The lowest BCUT2D eigenvalue weighted by molar-refractivity contribution is -0.132. The Kier molecular flexibility index (Phi) is 6.24. The van der Waals surface area contributed by atoms with E-state index < -0.39 is 29.2 Å². The van der Waals surface area contributed by atoms with Crippen LogP contribution >= 0.6 is 0 Å². The number of sulfonamides is 1. The molecule has 1 rings (SSSR count). The summed E-state index contributed by atoms with van der Waals surface area (Å²) in [4.78, 5) is 0. The van der Waals surface area contributed by atoms with Crippen LogP contribution in [0.15, 0.2) is 21.6 Å². The summed E-state index contributed by atoms with van der Waals surface area (Å²) < 4.78 is 66.3. The number of nitrogens with one attached hydrogen (secondary N) is 2. The molecule has 0 unspecified atom stereocenters. The van der Waals surface area contributed by atoms with Gasteiger partial charge in [0.25, 0.3) is 10.0 Å². The average Bonchev–Trinajstić information content (AvgIpc) is 2.75. The molecule has 0 saturated heterocycles. The maximum atomic E-state index is 12.0. The first-order valence-electron chi connectivity index (χ1n) is 6.46. The summed E-state index contributed by atoms with van der Waals surface area (Å²) in [6, 6.07) is 2.70. The second kappa shape index (κ2) is 7.28. The zero-order valence-electron chi connectivity index (χ0n) is 11.8. The van der Waals surface area contributed by atoms with Crippen molar-refractivity contribution >= 4 is 10.0 Å². The van der Waals surface area contributed by atoms with Crippen LogP contribution in [0.4, 0.5) is 13.2 Å². The lowest BCUT2D eigenvalue weighted by Gasteiger charge is -2.07. The molecule has 0 aromatic carbocycles. The molecule has 1 aromatic heterocycles. The third-order valence-corrected chi connectivity index (χ3v) is 3.79. The number of alkyl halides is 3. The Balaban J connectivity index is 2.54. The smallest absolute Gasteiger partial charge is 0.390 e. The molecule has 1 aromatic rings. The fourth-order valence-electron chi connectivity index (χ4n) is 1.48. The summed E-state index contributed by atoms with van der Waals surface area (Å²) in [5.41, 5.74) is 0. The molecule has 5 nitrogen and oxygen atoms in total. The Labute approximate surface area is 122 Å². The molecule has 0 amide bonds. The topological polar surface area (TPSA) is 71.3 Å². The SMILES string of the molecule is CC(C)CNCc1ccc(S(=O)(=O)NCCC(F)(F)F)o1. The molecule has 0 spiro atoms. The number of hydrogen-bond acceptors (Lipinski definition) is 4. The molecule has 122 valence electrons. The number of rotatable bonds is 8. The van der Waals surface area contributed by atoms with Crippen molar-refractivity contribution in [2.24, 2.45) is 5.92 Å². The monoisotopic (exact) mass is 328 g/mol. The third kappa shape index (κ3) is 6.96. The highest BCUT2D eigenvalue weighted by molar-refractivity contribution is 7.89. The zero-order chi connectivity index (χ0) is 16.1. The summed E-state index contributed by atoms with van der Waals surface area (Å²) in [7, 11) is -4.05. The Morgan fingerprint density at radius 3 is 2.52 bits per heavy atom. The van der Waals surface area contributed by atoms with E-state index in [0.717, 1.165) is 6.54 Å². The van der Waals surface area contributed by atoms with Crippen LogP contribution in [0, 0.1) is 5.92 Å². The van der Waals surface area contributed by atoms with Gasteiger partial charge in [-0.3, -0.25) is 0 Å². The van der Waals surface area contributed by atoms with Crippen LogP contribution in [-0.4, -0.2) is 27.7 Å². The maximum absolute atomic E-state index is 12.0. The van der Waals surface area contributed by atoms with Crippen molar-refractivity contribution in [1.29, 1.82) is 0 Å². The molecule has 0 aliphatic rings. The van der Waals surface area contributed by atoms with Gasteiger partial charge in [0.05, 0.1) is 13.0 Å². The summed E-state index contributed by atoms with van der Waals surface area (Å²) in [5.74, 6) is 0.846. The molecule has 2 N–H and O–H groups in total. The Hall–Kier alpha value is -1.06. The minimum absolute atomic E-state index is 0.357. The van der Waals surface area contributed by atoms with Crippen molar-refractivity contribution in [3.8, 4) is 0 Å². The molecule has 0 aliphatic carbocycles. The molecule has 0 fully saturated rings.